The zero-order valence-electron chi connectivity index (χ0n) is 24.0. The Morgan fingerprint density at radius 1 is 0.571 bits per heavy atom. The summed E-state index contributed by atoms with van der Waals surface area (Å²) < 4.78 is 2.32. The number of para-hydroxylation sites is 1. The van der Waals surface area contributed by atoms with Crippen LogP contribution in [-0.4, -0.2) is 11.6 Å². The number of benzene rings is 6. The number of aryl methyl sites for hydroxylation is 1. The number of nitrogens with zero attached hydrogens (tertiary/aromatic N) is 2. The van der Waals surface area contributed by atoms with E-state index in [1.54, 1.807) is 0 Å². The van der Waals surface area contributed by atoms with Gasteiger partial charge in [0.2, 0.25) is 0 Å². The van der Waals surface area contributed by atoms with Crippen molar-refractivity contribution in [2.75, 3.05) is 11.9 Å². The lowest BCUT2D eigenvalue weighted by Crippen LogP contribution is -2.09. The Hall–Kier alpha value is -5.34. The highest BCUT2D eigenvalue weighted by Crippen LogP contribution is 2.43. The molecule has 0 aliphatic rings. The third kappa shape index (κ3) is 4.03. The molecule has 0 fully saturated rings. The standard InChI is InChI=1S/C40H32N2/c1-5-32-33(6-2)40-37-24-27-15-10-11-16-28(27)25-38(37)42(4)39(40)26-36(32)35-22-13-12-21-34(35)29-17-14-20-31(23-29)41(3)30-18-8-7-9-19-30/h5-26H,1-2H2,3-4H3. The second-order valence-electron chi connectivity index (χ2n) is 10.8. The summed E-state index contributed by atoms with van der Waals surface area (Å²) in [6.07, 6.45) is 3.98. The third-order valence-corrected chi connectivity index (χ3v) is 8.56. The molecule has 202 valence electrons. The largest absolute Gasteiger partial charge is 0.345 e. The zero-order chi connectivity index (χ0) is 28.8. The lowest BCUT2D eigenvalue weighted by molar-refractivity contribution is 1.02. The molecule has 0 radical (unpaired) electrons. The van der Waals surface area contributed by atoms with Gasteiger partial charge in [0.05, 0.1) is 5.52 Å². The number of rotatable bonds is 6. The number of hydrogen-bond donors (Lipinski definition) is 0. The summed E-state index contributed by atoms with van der Waals surface area (Å²) in [6, 6.07) is 43.4. The lowest BCUT2D eigenvalue weighted by Gasteiger charge is -2.21. The number of hydrogen-bond acceptors (Lipinski definition) is 1. The van der Waals surface area contributed by atoms with Crippen LogP contribution in [0.2, 0.25) is 0 Å². The fourth-order valence-electron chi connectivity index (χ4n) is 6.39. The van der Waals surface area contributed by atoms with Gasteiger partial charge in [-0.25, -0.2) is 0 Å². The van der Waals surface area contributed by atoms with Crippen LogP contribution in [0.25, 0.3) is 67.0 Å². The molecule has 0 saturated carbocycles. The first-order chi connectivity index (χ1) is 20.6. The van der Waals surface area contributed by atoms with Crippen LogP contribution >= 0.6 is 0 Å². The zero-order valence-corrected chi connectivity index (χ0v) is 24.0. The van der Waals surface area contributed by atoms with Crippen LogP contribution in [0, 0.1) is 0 Å². The lowest BCUT2D eigenvalue weighted by atomic mass is 9.87. The van der Waals surface area contributed by atoms with E-state index in [1.165, 1.54) is 49.3 Å². The minimum Gasteiger partial charge on any atom is -0.345 e. The maximum atomic E-state index is 4.28. The van der Waals surface area contributed by atoms with E-state index in [0.29, 0.717) is 0 Å². The second kappa shape index (κ2) is 10.2. The first-order valence-corrected chi connectivity index (χ1v) is 14.3. The molecule has 1 aromatic heterocycles. The van der Waals surface area contributed by atoms with Gasteiger partial charge in [-0.1, -0.05) is 104 Å². The fraction of sp³-hybridized carbons (Fsp3) is 0.0500. The van der Waals surface area contributed by atoms with Gasteiger partial charge in [0.1, 0.15) is 0 Å². The van der Waals surface area contributed by atoms with Crippen LogP contribution in [0.5, 0.6) is 0 Å². The van der Waals surface area contributed by atoms with Gasteiger partial charge in [0, 0.05) is 41.8 Å². The average molecular weight is 541 g/mol. The normalized spacial score (nSPS) is 11.3. The number of anilines is 2. The molecule has 0 unspecified atom stereocenters. The van der Waals surface area contributed by atoms with Gasteiger partial charge in [-0.15, -0.1) is 0 Å². The van der Waals surface area contributed by atoms with E-state index in [4.69, 9.17) is 0 Å². The van der Waals surface area contributed by atoms with Crippen molar-refractivity contribution in [3.8, 4) is 22.3 Å². The van der Waals surface area contributed by atoms with Crippen LogP contribution in [0.1, 0.15) is 11.1 Å². The van der Waals surface area contributed by atoms with Crippen molar-refractivity contribution in [3.63, 3.8) is 0 Å². The third-order valence-electron chi connectivity index (χ3n) is 8.56. The topological polar surface area (TPSA) is 8.17 Å². The Morgan fingerprint density at radius 3 is 1.95 bits per heavy atom. The molecule has 0 atom stereocenters. The predicted octanol–water partition coefficient (Wildman–Crippen LogP) is 10.9. The molecule has 6 aromatic carbocycles. The molecule has 2 nitrogen and oxygen atoms in total. The number of aromatic nitrogens is 1. The molecule has 0 aliphatic heterocycles. The summed E-state index contributed by atoms with van der Waals surface area (Å²) in [4.78, 5) is 2.22. The van der Waals surface area contributed by atoms with E-state index in [-0.39, 0.29) is 0 Å². The Bertz CT molecular complexity index is 2150. The highest BCUT2D eigenvalue weighted by molar-refractivity contribution is 6.17. The molecule has 0 spiro atoms. The van der Waals surface area contributed by atoms with Crippen molar-refractivity contribution in [1.82, 2.24) is 4.57 Å². The Kier molecular flexibility index (Phi) is 6.25. The van der Waals surface area contributed by atoms with Gasteiger partial charge >= 0.3 is 0 Å². The highest BCUT2D eigenvalue weighted by Gasteiger charge is 2.20. The minimum absolute atomic E-state index is 1.10. The maximum Gasteiger partial charge on any atom is 0.0501 e. The van der Waals surface area contributed by atoms with Crippen molar-refractivity contribution in [2.24, 2.45) is 7.05 Å². The van der Waals surface area contributed by atoms with Gasteiger partial charge in [0.15, 0.2) is 0 Å². The minimum atomic E-state index is 1.10. The molecule has 42 heavy (non-hydrogen) atoms. The van der Waals surface area contributed by atoms with Gasteiger partial charge < -0.3 is 9.47 Å². The molecule has 0 saturated heterocycles. The predicted molar refractivity (Wildman–Crippen MR) is 183 cm³/mol. The Labute approximate surface area is 247 Å². The van der Waals surface area contributed by atoms with Gasteiger partial charge in [0.25, 0.3) is 0 Å². The van der Waals surface area contributed by atoms with E-state index >= 15 is 0 Å². The molecular formula is C40H32N2. The highest BCUT2D eigenvalue weighted by atomic mass is 15.1. The molecule has 7 rings (SSSR count). The molecule has 7 aromatic rings. The first kappa shape index (κ1) is 25.6. The fourth-order valence-corrected chi connectivity index (χ4v) is 6.39. The quantitative estimate of drug-likeness (QED) is 0.204. The van der Waals surface area contributed by atoms with E-state index in [0.717, 1.165) is 28.1 Å². The van der Waals surface area contributed by atoms with Crippen molar-refractivity contribution in [3.05, 3.63) is 146 Å². The smallest absolute Gasteiger partial charge is 0.0501 e. The second-order valence-corrected chi connectivity index (χ2v) is 10.8. The summed E-state index contributed by atoms with van der Waals surface area (Å²) >= 11 is 0. The Morgan fingerprint density at radius 2 is 1.21 bits per heavy atom. The van der Waals surface area contributed by atoms with Crippen LogP contribution in [0.4, 0.5) is 11.4 Å². The van der Waals surface area contributed by atoms with E-state index < -0.39 is 0 Å². The molecule has 0 bridgehead atoms. The first-order valence-electron chi connectivity index (χ1n) is 14.3. The molecular weight excluding hydrogens is 508 g/mol. The van der Waals surface area contributed by atoms with Crippen LogP contribution in [-0.2, 0) is 7.05 Å². The van der Waals surface area contributed by atoms with E-state index in [9.17, 15) is 0 Å². The van der Waals surface area contributed by atoms with Crippen molar-refractivity contribution in [1.29, 1.82) is 0 Å². The van der Waals surface area contributed by atoms with Gasteiger partial charge in [-0.2, -0.15) is 0 Å². The van der Waals surface area contributed by atoms with Crippen molar-refractivity contribution in [2.45, 2.75) is 0 Å². The van der Waals surface area contributed by atoms with Gasteiger partial charge in [-0.3, -0.25) is 0 Å². The molecule has 2 heteroatoms. The summed E-state index contributed by atoms with van der Waals surface area (Å²) in [6.45, 7) is 8.56. The maximum absolute atomic E-state index is 4.28. The Balaban J connectivity index is 1.46. The van der Waals surface area contributed by atoms with Crippen LogP contribution in [0.15, 0.2) is 134 Å². The molecule has 0 N–H and O–H groups in total. The average Bonchev–Trinajstić information content (AvgIpc) is 3.32. The summed E-state index contributed by atoms with van der Waals surface area (Å²) in [5.41, 5.74) is 11.6. The SMILES string of the molecule is C=Cc1c(-c2ccccc2-c2cccc(N(C)c3ccccc3)c2)cc2c(c1C=C)c1cc3ccccc3cc1n2C. The molecule has 0 amide bonds. The summed E-state index contributed by atoms with van der Waals surface area (Å²) in [5, 5.41) is 4.94. The van der Waals surface area contributed by atoms with Crippen molar-refractivity contribution < 1.29 is 0 Å². The molecule has 1 heterocycles. The molecule has 0 aliphatic carbocycles. The number of fused-ring (bicyclic) bond motifs is 4. The van der Waals surface area contributed by atoms with E-state index in [1.807, 2.05) is 18.2 Å². The summed E-state index contributed by atoms with van der Waals surface area (Å²) in [5.74, 6) is 0. The monoisotopic (exact) mass is 540 g/mol. The van der Waals surface area contributed by atoms with Crippen LogP contribution in [0.3, 0.4) is 0 Å². The van der Waals surface area contributed by atoms with Crippen LogP contribution < -0.4 is 4.90 Å². The van der Waals surface area contributed by atoms with Gasteiger partial charge in [-0.05, 0) is 86.6 Å². The summed E-state index contributed by atoms with van der Waals surface area (Å²) in [7, 11) is 4.28. The van der Waals surface area contributed by atoms with E-state index in [2.05, 4.69) is 152 Å². The van der Waals surface area contributed by atoms with Crippen molar-refractivity contribution >= 4 is 56.1 Å².